The summed E-state index contributed by atoms with van der Waals surface area (Å²) in [5.41, 5.74) is 1.15. The van der Waals surface area contributed by atoms with E-state index in [1.807, 2.05) is 24.3 Å². The number of fused-ring (bicyclic) bond motifs is 2. The molecule has 1 aromatic carbocycles. The minimum atomic E-state index is 0.194. The fourth-order valence-electron chi connectivity index (χ4n) is 3.48. The molecule has 108 valence electrons. The first kappa shape index (κ1) is 14.1. The number of carbonyl (C=O) groups excluding carboxylic acids is 1. The van der Waals surface area contributed by atoms with E-state index in [9.17, 15) is 4.79 Å². The molecule has 3 nitrogen and oxygen atoms in total. The molecule has 2 aliphatic heterocycles. The molecule has 0 aromatic heterocycles. The highest BCUT2D eigenvalue weighted by Crippen LogP contribution is 2.32. The monoisotopic (exact) mass is 336 g/mol. The summed E-state index contributed by atoms with van der Waals surface area (Å²) in [6, 6.07) is 9.42. The molecule has 1 aromatic rings. The van der Waals surface area contributed by atoms with Gasteiger partial charge in [-0.15, -0.1) is 0 Å². The molecule has 4 heteroatoms. The van der Waals surface area contributed by atoms with Crippen LogP contribution in [0.2, 0.25) is 0 Å². The van der Waals surface area contributed by atoms with Gasteiger partial charge in [-0.3, -0.25) is 4.79 Å². The number of amides is 1. The lowest BCUT2D eigenvalue weighted by Crippen LogP contribution is -2.39. The second-order valence-electron chi connectivity index (χ2n) is 6.08. The fourth-order valence-corrected chi connectivity index (χ4v) is 3.74. The number of hydrogen-bond acceptors (Lipinski definition) is 2. The van der Waals surface area contributed by atoms with Crippen molar-refractivity contribution in [1.82, 2.24) is 10.6 Å². The molecular weight excluding hydrogens is 316 g/mol. The molecule has 0 radical (unpaired) electrons. The highest BCUT2D eigenvalue weighted by molar-refractivity contribution is 9.10. The van der Waals surface area contributed by atoms with Gasteiger partial charge in [0, 0.05) is 29.5 Å². The van der Waals surface area contributed by atoms with Crippen molar-refractivity contribution in [3.05, 3.63) is 34.3 Å². The molecule has 0 spiro atoms. The molecule has 2 unspecified atom stereocenters. The summed E-state index contributed by atoms with van der Waals surface area (Å²) < 4.78 is 1.07. The highest BCUT2D eigenvalue weighted by Gasteiger charge is 2.33. The maximum Gasteiger partial charge on any atom is 0.220 e. The van der Waals surface area contributed by atoms with Crippen LogP contribution in [0, 0.1) is 5.92 Å². The van der Waals surface area contributed by atoms with Crippen LogP contribution in [0.4, 0.5) is 0 Å². The molecule has 0 aliphatic carbocycles. The first-order valence-electron chi connectivity index (χ1n) is 7.46. The number of nitrogens with one attached hydrogen (secondary N) is 2. The number of halogens is 1. The molecule has 2 fully saturated rings. The lowest BCUT2D eigenvalue weighted by molar-refractivity contribution is -0.122. The Kier molecular flexibility index (Phi) is 4.41. The van der Waals surface area contributed by atoms with E-state index in [4.69, 9.17) is 0 Å². The van der Waals surface area contributed by atoms with Crippen molar-refractivity contribution in [2.24, 2.45) is 5.92 Å². The van der Waals surface area contributed by atoms with Crippen molar-refractivity contribution in [3.8, 4) is 0 Å². The Morgan fingerprint density at radius 2 is 1.85 bits per heavy atom. The molecule has 2 heterocycles. The summed E-state index contributed by atoms with van der Waals surface area (Å²) in [5.74, 6) is 0.762. The smallest absolute Gasteiger partial charge is 0.220 e. The zero-order chi connectivity index (χ0) is 13.9. The SMILES string of the molecule is O=C(CC1CC2CCC(C1)N2)NCc1ccc(Br)cc1. The maximum absolute atomic E-state index is 12.0. The van der Waals surface area contributed by atoms with E-state index in [0.717, 1.165) is 10.0 Å². The molecule has 0 saturated carbocycles. The zero-order valence-electron chi connectivity index (χ0n) is 11.6. The highest BCUT2D eigenvalue weighted by atomic mass is 79.9. The normalized spacial score (nSPS) is 28.4. The van der Waals surface area contributed by atoms with Crippen molar-refractivity contribution < 1.29 is 4.79 Å². The van der Waals surface area contributed by atoms with E-state index < -0.39 is 0 Å². The Morgan fingerprint density at radius 3 is 2.50 bits per heavy atom. The van der Waals surface area contributed by atoms with Crippen molar-refractivity contribution in [1.29, 1.82) is 0 Å². The van der Waals surface area contributed by atoms with Crippen LogP contribution in [0.5, 0.6) is 0 Å². The molecule has 1 amide bonds. The van der Waals surface area contributed by atoms with Crippen LogP contribution in [-0.4, -0.2) is 18.0 Å². The topological polar surface area (TPSA) is 41.1 Å². The van der Waals surface area contributed by atoms with Gasteiger partial charge >= 0.3 is 0 Å². The molecular formula is C16H21BrN2O. The maximum atomic E-state index is 12.0. The third-order valence-electron chi connectivity index (χ3n) is 4.45. The number of carbonyl (C=O) groups is 1. The van der Waals surface area contributed by atoms with Crippen LogP contribution < -0.4 is 10.6 Å². The van der Waals surface area contributed by atoms with Gasteiger partial charge in [0.15, 0.2) is 0 Å². The van der Waals surface area contributed by atoms with Gasteiger partial charge in [-0.2, -0.15) is 0 Å². The lowest BCUT2D eigenvalue weighted by atomic mass is 9.89. The summed E-state index contributed by atoms with van der Waals surface area (Å²) in [7, 11) is 0. The first-order valence-corrected chi connectivity index (χ1v) is 8.25. The standard InChI is InChI=1S/C16H21BrN2O/c17-13-3-1-11(2-4-13)10-18-16(20)9-12-7-14-5-6-15(8-12)19-14/h1-4,12,14-15,19H,5-10H2,(H,18,20). The van der Waals surface area contributed by atoms with Gasteiger partial charge < -0.3 is 10.6 Å². The number of piperidine rings is 1. The van der Waals surface area contributed by atoms with Crippen LogP contribution in [-0.2, 0) is 11.3 Å². The van der Waals surface area contributed by atoms with Crippen molar-refractivity contribution in [2.45, 2.75) is 50.7 Å². The summed E-state index contributed by atoms with van der Waals surface area (Å²) in [6.45, 7) is 0.629. The van der Waals surface area contributed by atoms with Crippen LogP contribution in [0.15, 0.2) is 28.7 Å². The predicted molar refractivity (Wildman–Crippen MR) is 83.3 cm³/mol. The van der Waals surface area contributed by atoms with E-state index in [-0.39, 0.29) is 5.91 Å². The zero-order valence-corrected chi connectivity index (χ0v) is 13.2. The summed E-state index contributed by atoms with van der Waals surface area (Å²) in [4.78, 5) is 12.0. The van der Waals surface area contributed by atoms with Crippen molar-refractivity contribution >= 4 is 21.8 Å². The summed E-state index contributed by atoms with van der Waals surface area (Å²) >= 11 is 3.42. The van der Waals surface area contributed by atoms with E-state index in [2.05, 4.69) is 26.6 Å². The van der Waals surface area contributed by atoms with Gasteiger partial charge in [-0.1, -0.05) is 28.1 Å². The van der Waals surface area contributed by atoms with Gasteiger partial charge in [-0.25, -0.2) is 0 Å². The fraction of sp³-hybridized carbons (Fsp3) is 0.562. The van der Waals surface area contributed by atoms with Crippen LogP contribution in [0.25, 0.3) is 0 Å². The van der Waals surface area contributed by atoms with Crippen LogP contribution >= 0.6 is 15.9 Å². The van der Waals surface area contributed by atoms with Crippen LogP contribution in [0.3, 0.4) is 0 Å². The minimum absolute atomic E-state index is 0.194. The van der Waals surface area contributed by atoms with Gasteiger partial charge in [0.2, 0.25) is 5.91 Å². The van der Waals surface area contributed by atoms with Crippen LogP contribution in [0.1, 0.15) is 37.7 Å². The van der Waals surface area contributed by atoms with Gasteiger partial charge in [0.1, 0.15) is 0 Å². The molecule has 2 atom stereocenters. The van der Waals surface area contributed by atoms with E-state index >= 15 is 0 Å². The van der Waals surface area contributed by atoms with Gasteiger partial charge in [0.05, 0.1) is 0 Å². The quantitative estimate of drug-likeness (QED) is 0.887. The van der Waals surface area contributed by atoms with E-state index in [1.165, 1.54) is 25.7 Å². The Hall–Kier alpha value is -0.870. The third-order valence-corrected chi connectivity index (χ3v) is 4.98. The molecule has 2 N–H and O–H groups in total. The minimum Gasteiger partial charge on any atom is -0.352 e. The number of hydrogen-bond donors (Lipinski definition) is 2. The van der Waals surface area contributed by atoms with E-state index in [1.54, 1.807) is 0 Å². The predicted octanol–water partition coefficient (Wildman–Crippen LogP) is 2.99. The third kappa shape index (κ3) is 3.61. The molecule has 20 heavy (non-hydrogen) atoms. The number of benzene rings is 1. The Bertz CT molecular complexity index is 462. The Labute approximate surface area is 128 Å². The average molecular weight is 337 g/mol. The summed E-state index contributed by atoms with van der Waals surface area (Å²) in [6.07, 6.45) is 5.61. The second-order valence-corrected chi connectivity index (χ2v) is 7.00. The van der Waals surface area contributed by atoms with Gasteiger partial charge in [0.25, 0.3) is 0 Å². The largest absolute Gasteiger partial charge is 0.352 e. The average Bonchev–Trinajstić information content (AvgIpc) is 2.77. The second kappa shape index (κ2) is 6.27. The molecule has 2 bridgehead atoms. The Balaban J connectivity index is 1.44. The van der Waals surface area contributed by atoms with Crippen molar-refractivity contribution in [3.63, 3.8) is 0 Å². The molecule has 2 saturated heterocycles. The molecule has 2 aliphatic rings. The summed E-state index contributed by atoms with van der Waals surface area (Å²) in [5, 5.41) is 6.66. The van der Waals surface area contributed by atoms with Crippen molar-refractivity contribution in [2.75, 3.05) is 0 Å². The van der Waals surface area contributed by atoms with E-state index in [0.29, 0.717) is 31.0 Å². The first-order chi connectivity index (χ1) is 9.69. The number of rotatable bonds is 4. The Morgan fingerprint density at radius 1 is 1.20 bits per heavy atom. The lowest BCUT2D eigenvalue weighted by Gasteiger charge is -2.28. The molecule has 3 rings (SSSR count). The van der Waals surface area contributed by atoms with Gasteiger partial charge in [-0.05, 0) is 49.3 Å².